The minimum Gasteiger partial charge on any atom is -1.00 e. The molecule has 0 aromatic heterocycles. The van der Waals surface area contributed by atoms with Gasteiger partial charge in [-0.05, 0) is 17.4 Å². The molecule has 43 heavy (non-hydrogen) atoms. The summed E-state index contributed by atoms with van der Waals surface area (Å²) in [6.07, 6.45) is 6.74. The summed E-state index contributed by atoms with van der Waals surface area (Å²) >= 11 is 1.51. The second kappa shape index (κ2) is 15.7. The van der Waals surface area contributed by atoms with Crippen molar-refractivity contribution in [2.24, 2.45) is 11.3 Å². The zero-order chi connectivity index (χ0) is 30.8. The molecule has 0 saturated heterocycles. The number of hydrogen-bond acceptors (Lipinski definition) is 0. The molecule has 1 unspecified atom stereocenters. The molecule has 1 atom stereocenters. The molecular weight excluding hydrogens is 643 g/mol. The van der Waals surface area contributed by atoms with Crippen molar-refractivity contribution in [2.75, 3.05) is 0 Å². The molecule has 0 spiro atoms. The Balaban J connectivity index is 0.000000356. The molecule has 0 heterocycles. The van der Waals surface area contributed by atoms with Crippen LogP contribution in [-0.2, 0) is 41.5 Å². The fourth-order valence-corrected chi connectivity index (χ4v) is 5.73. The van der Waals surface area contributed by atoms with Crippen LogP contribution in [0.5, 0.6) is 0 Å². The molecule has 5 rings (SSSR count). The Labute approximate surface area is 291 Å². The molecular formula is C40H50Cl2Zr-2. The quantitative estimate of drug-likeness (QED) is 0.252. The Hall–Kier alpha value is -1.53. The summed E-state index contributed by atoms with van der Waals surface area (Å²) in [6, 6.07) is 25.5. The number of benzene rings is 3. The number of allylic oxidation sites excluding steroid dienone is 4. The van der Waals surface area contributed by atoms with Crippen molar-refractivity contribution in [3.63, 3.8) is 0 Å². The molecule has 2 aliphatic carbocycles. The molecule has 0 N–H and O–H groups in total. The number of hydrogen-bond donors (Lipinski definition) is 0. The van der Waals surface area contributed by atoms with Crippen molar-refractivity contribution in [2.45, 2.75) is 100 Å². The topological polar surface area (TPSA) is 0 Å². The minimum atomic E-state index is 0. The number of halogens is 2. The van der Waals surface area contributed by atoms with E-state index in [2.05, 4.69) is 156 Å². The maximum atomic E-state index is 3.53. The van der Waals surface area contributed by atoms with E-state index in [9.17, 15) is 0 Å². The third-order valence-corrected chi connectivity index (χ3v) is 8.52. The maximum absolute atomic E-state index is 3.53. The van der Waals surface area contributed by atoms with Crippen LogP contribution in [0.1, 0.15) is 111 Å². The Kier molecular flexibility index (Phi) is 14.4. The van der Waals surface area contributed by atoms with Gasteiger partial charge in [0.05, 0.1) is 0 Å². The van der Waals surface area contributed by atoms with E-state index in [0.29, 0.717) is 11.3 Å². The van der Waals surface area contributed by atoms with E-state index in [1.807, 2.05) is 6.07 Å². The van der Waals surface area contributed by atoms with Crippen LogP contribution in [0.3, 0.4) is 0 Å². The summed E-state index contributed by atoms with van der Waals surface area (Å²) in [5.41, 5.74) is 13.2. The van der Waals surface area contributed by atoms with Crippen LogP contribution < -0.4 is 24.8 Å². The van der Waals surface area contributed by atoms with E-state index >= 15 is 0 Å². The normalized spacial score (nSPS) is 15.2. The average Bonchev–Trinajstić information content (AvgIpc) is 3.42. The third-order valence-electron chi connectivity index (χ3n) is 7.81. The largest absolute Gasteiger partial charge is 1.00 e. The van der Waals surface area contributed by atoms with Crippen LogP contribution in [0, 0.1) is 23.5 Å². The smallest absolute Gasteiger partial charge is 1.00 e. The molecule has 0 fully saturated rings. The zero-order valence-electron chi connectivity index (χ0n) is 28.4. The van der Waals surface area contributed by atoms with Gasteiger partial charge >= 0.3 is 70.3 Å². The van der Waals surface area contributed by atoms with E-state index in [-0.39, 0.29) is 35.6 Å². The standard InChI is InChI=1S/C21H25.C11H17.C8H8.2ClH.Zr/c1-20(2,3)16-9-7-14-11-15-8-10-17(21(4,5)6)13-19(15)18(14)12-16;1-8-6-9(2)10(7-8)11(3,4)5;1-2-8-6-4-3-5-7-8;;;/h7,9-10,12-13H,11H2,1-6H3;7-8H,1-5H3;3-7H,1H3;2*1H;/q2*-1;;;;+2/p-2. The molecule has 2 aliphatic rings. The SMILES string of the molecule is CC(C)(C)c1c[c-]c2c(c1)-c1cc(C(C)(C)C)ccc1C2.CC1=[C-]C(C)C=C1C(C)(C)C.C[C](=[Zr+2])c1ccccc1.[Cl-].[Cl-]. The van der Waals surface area contributed by atoms with E-state index in [1.54, 1.807) is 0 Å². The summed E-state index contributed by atoms with van der Waals surface area (Å²) in [5.74, 6) is 0.518. The van der Waals surface area contributed by atoms with Crippen LogP contribution >= 0.6 is 0 Å². The van der Waals surface area contributed by atoms with Crippen LogP contribution in [0.2, 0.25) is 0 Å². The molecule has 0 saturated carbocycles. The van der Waals surface area contributed by atoms with Gasteiger partial charge < -0.3 is 24.8 Å². The second-order valence-electron chi connectivity index (χ2n) is 14.7. The van der Waals surface area contributed by atoms with Gasteiger partial charge in [0.25, 0.3) is 0 Å². The van der Waals surface area contributed by atoms with E-state index < -0.39 is 0 Å². The first-order valence-corrected chi connectivity index (χ1v) is 16.2. The van der Waals surface area contributed by atoms with Gasteiger partial charge in [-0.2, -0.15) is 41.0 Å². The molecule has 0 aliphatic heterocycles. The fourth-order valence-electron chi connectivity index (χ4n) is 5.32. The Morgan fingerprint density at radius 3 is 1.74 bits per heavy atom. The number of fused-ring (bicyclic) bond motifs is 3. The van der Waals surface area contributed by atoms with Gasteiger partial charge in [-0.15, -0.1) is 5.56 Å². The molecule has 0 amide bonds. The van der Waals surface area contributed by atoms with Gasteiger partial charge in [-0.25, -0.2) is 5.57 Å². The molecule has 230 valence electrons. The van der Waals surface area contributed by atoms with Gasteiger partial charge in [0.15, 0.2) is 0 Å². The molecule has 3 aromatic rings. The van der Waals surface area contributed by atoms with Gasteiger partial charge in [0, 0.05) is 0 Å². The van der Waals surface area contributed by atoms with Crippen LogP contribution in [0.25, 0.3) is 11.1 Å². The Bertz CT molecular complexity index is 1380. The summed E-state index contributed by atoms with van der Waals surface area (Å²) < 4.78 is 1.46. The average molecular weight is 693 g/mol. The number of rotatable bonds is 1. The third kappa shape index (κ3) is 10.8. The summed E-state index contributed by atoms with van der Waals surface area (Å²) in [4.78, 5) is 0. The van der Waals surface area contributed by atoms with E-state index in [0.717, 1.165) is 6.42 Å². The van der Waals surface area contributed by atoms with Gasteiger partial charge in [0.2, 0.25) is 0 Å². The first-order chi connectivity index (χ1) is 18.9. The van der Waals surface area contributed by atoms with Crippen molar-refractivity contribution in [1.29, 1.82) is 0 Å². The molecule has 0 bridgehead atoms. The van der Waals surface area contributed by atoms with Gasteiger partial charge in [-0.3, -0.25) is 6.08 Å². The second-order valence-corrected chi connectivity index (χ2v) is 16.6. The Morgan fingerprint density at radius 2 is 1.33 bits per heavy atom. The van der Waals surface area contributed by atoms with E-state index in [4.69, 9.17) is 0 Å². The van der Waals surface area contributed by atoms with E-state index in [1.165, 1.54) is 77.5 Å². The fraction of sp³-hybridized carbons (Fsp3) is 0.425. The summed E-state index contributed by atoms with van der Waals surface area (Å²) in [6.45, 7) is 26.9. The van der Waals surface area contributed by atoms with Gasteiger partial charge in [-0.1, -0.05) is 122 Å². The van der Waals surface area contributed by atoms with Crippen molar-refractivity contribution in [3.05, 3.63) is 118 Å². The summed E-state index contributed by atoms with van der Waals surface area (Å²) in [7, 11) is 0. The first-order valence-electron chi connectivity index (χ1n) is 15.0. The van der Waals surface area contributed by atoms with Crippen LogP contribution in [0.4, 0.5) is 0 Å². The molecule has 0 nitrogen and oxygen atoms in total. The minimum absolute atomic E-state index is 0. The predicted octanol–water partition coefficient (Wildman–Crippen LogP) is 4.79. The van der Waals surface area contributed by atoms with Crippen LogP contribution in [0.15, 0.2) is 77.9 Å². The first kappa shape index (κ1) is 39.5. The monoisotopic (exact) mass is 690 g/mol. The summed E-state index contributed by atoms with van der Waals surface area (Å²) in [5, 5.41) is 0. The predicted molar refractivity (Wildman–Crippen MR) is 176 cm³/mol. The van der Waals surface area contributed by atoms with Crippen molar-refractivity contribution in [3.8, 4) is 11.1 Å². The van der Waals surface area contributed by atoms with Crippen molar-refractivity contribution in [1.82, 2.24) is 0 Å². The molecule has 0 radical (unpaired) electrons. The van der Waals surface area contributed by atoms with Crippen molar-refractivity contribution < 1.29 is 49.0 Å². The maximum Gasteiger partial charge on any atom is -1.00 e. The molecule has 3 heteroatoms. The van der Waals surface area contributed by atoms with Crippen molar-refractivity contribution >= 4 is 3.21 Å². The molecule has 3 aromatic carbocycles. The zero-order valence-corrected chi connectivity index (χ0v) is 32.4. The van der Waals surface area contributed by atoms with Crippen LogP contribution in [-0.4, -0.2) is 3.21 Å². The Morgan fingerprint density at radius 1 is 0.767 bits per heavy atom. The van der Waals surface area contributed by atoms with Gasteiger partial charge in [0.1, 0.15) is 0 Å².